The lowest BCUT2D eigenvalue weighted by molar-refractivity contribution is -0.344. The van der Waals surface area contributed by atoms with Gasteiger partial charge >= 0.3 is 6.36 Å². The number of aryl methyl sites for hydroxylation is 1. The van der Waals surface area contributed by atoms with Gasteiger partial charge < -0.3 is 9.64 Å². The molecule has 1 N–H and O–H groups in total. The Hall–Kier alpha value is -3.15. The van der Waals surface area contributed by atoms with Crippen LogP contribution >= 0.6 is 0 Å². The van der Waals surface area contributed by atoms with Gasteiger partial charge in [-0.05, 0) is 31.9 Å². The number of benzene rings is 1. The summed E-state index contributed by atoms with van der Waals surface area (Å²) >= 11 is 0. The summed E-state index contributed by atoms with van der Waals surface area (Å²) in [5.41, 5.74) is 5.01. The van der Waals surface area contributed by atoms with E-state index in [9.17, 15) is 18.0 Å². The number of nitrogens with zero attached hydrogens (tertiary/aromatic N) is 5. The van der Waals surface area contributed by atoms with Crippen molar-refractivity contribution in [2.24, 2.45) is 12.1 Å². The molecule has 0 spiro atoms. The molecule has 1 aliphatic rings. The molecule has 0 radical (unpaired) electrons. The molecule has 1 saturated heterocycles. The number of hydrogen-bond donors (Lipinski definition) is 1. The number of alkyl halides is 3. The van der Waals surface area contributed by atoms with E-state index < -0.39 is 18.4 Å². The summed E-state index contributed by atoms with van der Waals surface area (Å²) < 4.78 is 48.3. The van der Waals surface area contributed by atoms with Crippen LogP contribution in [0.1, 0.15) is 34.5 Å². The van der Waals surface area contributed by atoms with E-state index in [1.54, 1.807) is 13.1 Å². The van der Waals surface area contributed by atoms with E-state index in [2.05, 4.69) is 25.6 Å². The Labute approximate surface area is 176 Å². The van der Waals surface area contributed by atoms with Gasteiger partial charge in [-0.2, -0.15) is 5.10 Å². The number of carbonyl (C=O) groups excluding carboxylic acids is 1. The zero-order chi connectivity index (χ0) is 22.6. The van der Waals surface area contributed by atoms with Gasteiger partial charge in [0.2, 0.25) is 0 Å². The molecule has 1 aromatic heterocycles. The number of halogens is 3. The third-order valence-electron chi connectivity index (χ3n) is 4.98. The normalized spacial score (nSPS) is 15.5. The molecule has 12 heteroatoms. The number of methoxy groups -OCH3 is 1. The average Bonchev–Trinajstić information content (AvgIpc) is 3.14. The van der Waals surface area contributed by atoms with Gasteiger partial charge in [-0.25, -0.2) is 10.1 Å². The van der Waals surface area contributed by atoms with Crippen LogP contribution in [0.25, 0.3) is 0 Å². The van der Waals surface area contributed by atoms with Crippen LogP contribution in [-0.4, -0.2) is 59.8 Å². The fraction of sp³-hybridized carbons (Fsp3) is 0.474. The van der Waals surface area contributed by atoms with Gasteiger partial charge in [0, 0.05) is 37.0 Å². The summed E-state index contributed by atoms with van der Waals surface area (Å²) in [5.74, 6) is 0.143. The van der Waals surface area contributed by atoms with Crippen LogP contribution in [0.5, 0.6) is 5.75 Å². The second kappa shape index (κ2) is 9.33. The van der Waals surface area contributed by atoms with Crippen molar-refractivity contribution >= 4 is 17.8 Å². The first kappa shape index (κ1) is 22.5. The topological polar surface area (TPSA) is 93.9 Å². The van der Waals surface area contributed by atoms with E-state index in [1.807, 2.05) is 17.9 Å². The minimum Gasteiger partial charge on any atom is -0.496 e. The Bertz CT molecular complexity index is 952. The van der Waals surface area contributed by atoms with Crippen molar-refractivity contribution in [1.29, 1.82) is 0 Å². The van der Waals surface area contributed by atoms with Crippen molar-refractivity contribution in [3.8, 4) is 5.75 Å². The van der Waals surface area contributed by atoms with Gasteiger partial charge in [-0.1, -0.05) is 5.21 Å². The molecule has 1 aromatic carbocycles. The number of piperidine rings is 1. The minimum absolute atomic E-state index is 0.253. The van der Waals surface area contributed by atoms with E-state index in [1.165, 1.54) is 24.2 Å². The molecular weight excluding hydrogens is 417 g/mol. The second-order valence-corrected chi connectivity index (χ2v) is 7.06. The predicted molar refractivity (Wildman–Crippen MR) is 106 cm³/mol. The van der Waals surface area contributed by atoms with Crippen LogP contribution in [0.3, 0.4) is 0 Å². The van der Waals surface area contributed by atoms with Crippen molar-refractivity contribution in [3.63, 3.8) is 0 Å². The molecule has 3 rings (SSSR count). The van der Waals surface area contributed by atoms with Crippen molar-refractivity contribution in [2.45, 2.75) is 32.2 Å². The molecule has 2 aromatic rings. The number of hydrazone groups is 1. The van der Waals surface area contributed by atoms with E-state index >= 15 is 0 Å². The summed E-state index contributed by atoms with van der Waals surface area (Å²) in [6.07, 6.45) is -2.17. The maximum absolute atomic E-state index is 12.5. The van der Waals surface area contributed by atoms with Crippen LogP contribution in [0.15, 0.2) is 23.4 Å². The van der Waals surface area contributed by atoms with E-state index in [-0.39, 0.29) is 18.5 Å². The lowest BCUT2D eigenvalue weighted by atomic mass is 10.0. The summed E-state index contributed by atoms with van der Waals surface area (Å²) in [6.45, 7) is 2.70. The molecule has 0 atom stereocenters. The number of nitrogens with one attached hydrogen (secondary N) is 1. The highest BCUT2D eigenvalue weighted by atomic mass is 19.4. The van der Waals surface area contributed by atoms with Crippen molar-refractivity contribution in [3.05, 3.63) is 35.2 Å². The number of ether oxygens (including phenoxy) is 2. The quantitative estimate of drug-likeness (QED) is 0.548. The van der Waals surface area contributed by atoms with Crippen LogP contribution in [0.4, 0.5) is 18.9 Å². The Kier molecular flexibility index (Phi) is 6.78. The number of rotatable bonds is 6. The van der Waals surface area contributed by atoms with E-state index in [0.717, 1.165) is 11.3 Å². The van der Waals surface area contributed by atoms with Gasteiger partial charge in [-0.15, -0.1) is 18.3 Å². The van der Waals surface area contributed by atoms with E-state index in [0.29, 0.717) is 24.4 Å². The Morgan fingerprint density at radius 1 is 1.32 bits per heavy atom. The van der Waals surface area contributed by atoms with Crippen LogP contribution in [0, 0.1) is 6.92 Å². The number of aromatic nitrogens is 3. The highest BCUT2D eigenvalue weighted by molar-refractivity contribution is 5.93. The number of anilines is 1. The standard InChI is InChI=1S/C19H23F3N6O3/c1-12-15(28-6-4-14(5-7-28)31-19(20,21)22)8-13(9-17(12)30-3)10-23-25-18(29)16-11-24-26-27(16)2/h8-11,14H,4-7H2,1-3H3,(H,25,29)/b23-10+. The molecule has 0 unspecified atom stereocenters. The molecule has 0 saturated carbocycles. The minimum atomic E-state index is -4.63. The van der Waals surface area contributed by atoms with E-state index in [4.69, 9.17) is 4.74 Å². The van der Waals surface area contributed by atoms with Gasteiger partial charge in [0.05, 0.1) is 25.6 Å². The molecule has 1 fully saturated rings. The van der Waals surface area contributed by atoms with Gasteiger partial charge in [0.25, 0.3) is 5.91 Å². The molecule has 168 valence electrons. The zero-order valence-electron chi connectivity index (χ0n) is 17.3. The largest absolute Gasteiger partial charge is 0.522 e. The Balaban J connectivity index is 1.71. The predicted octanol–water partition coefficient (Wildman–Crippen LogP) is 2.40. The summed E-state index contributed by atoms with van der Waals surface area (Å²) in [5, 5.41) is 11.3. The highest BCUT2D eigenvalue weighted by Crippen LogP contribution is 2.33. The first-order valence-electron chi connectivity index (χ1n) is 9.54. The SMILES string of the molecule is COc1cc(/C=N/NC(=O)c2cnnn2C)cc(N2CCC(OC(F)(F)F)CC2)c1C. The fourth-order valence-electron chi connectivity index (χ4n) is 3.43. The number of hydrogen-bond acceptors (Lipinski definition) is 7. The second-order valence-electron chi connectivity index (χ2n) is 7.06. The molecule has 2 heterocycles. The van der Waals surface area contributed by atoms with Crippen molar-refractivity contribution < 1.29 is 27.4 Å². The Morgan fingerprint density at radius 2 is 2.03 bits per heavy atom. The molecule has 31 heavy (non-hydrogen) atoms. The number of carbonyl (C=O) groups is 1. The average molecular weight is 440 g/mol. The van der Waals surface area contributed by atoms with Crippen molar-refractivity contribution in [1.82, 2.24) is 20.4 Å². The van der Waals surface area contributed by atoms with Crippen molar-refractivity contribution in [2.75, 3.05) is 25.1 Å². The smallest absolute Gasteiger partial charge is 0.496 e. The molecule has 1 amide bonds. The molecule has 1 aliphatic heterocycles. The fourth-order valence-corrected chi connectivity index (χ4v) is 3.43. The lowest BCUT2D eigenvalue weighted by Gasteiger charge is -2.35. The molecule has 9 nitrogen and oxygen atoms in total. The first-order chi connectivity index (χ1) is 14.7. The maximum Gasteiger partial charge on any atom is 0.522 e. The molecular formula is C19H23F3N6O3. The zero-order valence-corrected chi connectivity index (χ0v) is 17.3. The maximum atomic E-state index is 12.5. The number of amides is 1. The van der Waals surface area contributed by atoms with Gasteiger partial charge in [0.15, 0.2) is 0 Å². The third kappa shape index (κ3) is 5.72. The third-order valence-corrected chi connectivity index (χ3v) is 4.98. The van der Waals surface area contributed by atoms with Gasteiger partial charge in [-0.3, -0.25) is 9.53 Å². The first-order valence-corrected chi connectivity index (χ1v) is 9.54. The summed E-state index contributed by atoms with van der Waals surface area (Å²) in [6, 6.07) is 3.61. The van der Waals surface area contributed by atoms with Crippen LogP contribution < -0.4 is 15.1 Å². The Morgan fingerprint density at radius 3 is 2.61 bits per heavy atom. The molecule has 0 bridgehead atoms. The lowest BCUT2D eigenvalue weighted by Crippen LogP contribution is -2.39. The van der Waals surface area contributed by atoms with Crippen LogP contribution in [0.2, 0.25) is 0 Å². The molecule has 0 aliphatic carbocycles. The summed E-state index contributed by atoms with van der Waals surface area (Å²) in [4.78, 5) is 14.1. The monoisotopic (exact) mass is 440 g/mol. The van der Waals surface area contributed by atoms with Gasteiger partial charge in [0.1, 0.15) is 11.4 Å². The van der Waals surface area contributed by atoms with Crippen LogP contribution in [-0.2, 0) is 11.8 Å². The highest BCUT2D eigenvalue weighted by Gasteiger charge is 2.35. The summed E-state index contributed by atoms with van der Waals surface area (Å²) in [7, 11) is 3.12.